The van der Waals surface area contributed by atoms with Gasteiger partial charge in [-0.15, -0.1) is 0 Å². The molecular weight excluding hydrogens is 328 g/mol. The zero-order chi connectivity index (χ0) is 16.7. The SMILES string of the molecule is CSCCC(NC(=O)c1c[nH]c(=O)c(Cl)c1)C(=O)OC(C)C. The van der Waals surface area contributed by atoms with Gasteiger partial charge in [0.2, 0.25) is 0 Å². The number of esters is 1. The minimum Gasteiger partial charge on any atom is -0.461 e. The van der Waals surface area contributed by atoms with Crippen molar-refractivity contribution in [1.29, 1.82) is 0 Å². The van der Waals surface area contributed by atoms with Crippen LogP contribution in [-0.4, -0.2) is 41.0 Å². The van der Waals surface area contributed by atoms with Crippen molar-refractivity contribution < 1.29 is 14.3 Å². The van der Waals surface area contributed by atoms with E-state index in [0.29, 0.717) is 12.2 Å². The fraction of sp³-hybridized carbons (Fsp3) is 0.500. The van der Waals surface area contributed by atoms with Gasteiger partial charge >= 0.3 is 5.97 Å². The van der Waals surface area contributed by atoms with Crippen molar-refractivity contribution in [2.75, 3.05) is 12.0 Å². The van der Waals surface area contributed by atoms with E-state index in [-0.39, 0.29) is 16.7 Å². The summed E-state index contributed by atoms with van der Waals surface area (Å²) in [7, 11) is 0. The molecule has 0 aliphatic heterocycles. The van der Waals surface area contributed by atoms with E-state index in [1.54, 1.807) is 25.6 Å². The smallest absolute Gasteiger partial charge is 0.328 e. The van der Waals surface area contributed by atoms with E-state index in [9.17, 15) is 14.4 Å². The molecule has 8 heteroatoms. The van der Waals surface area contributed by atoms with Gasteiger partial charge in [0.25, 0.3) is 11.5 Å². The summed E-state index contributed by atoms with van der Waals surface area (Å²) in [5, 5.41) is 2.53. The van der Waals surface area contributed by atoms with Crippen molar-refractivity contribution in [3.8, 4) is 0 Å². The topological polar surface area (TPSA) is 88.3 Å². The molecule has 0 aromatic carbocycles. The van der Waals surface area contributed by atoms with Gasteiger partial charge in [-0.3, -0.25) is 9.59 Å². The number of nitrogens with one attached hydrogen (secondary N) is 2. The van der Waals surface area contributed by atoms with Crippen LogP contribution in [0.2, 0.25) is 5.02 Å². The lowest BCUT2D eigenvalue weighted by atomic mass is 10.2. The first-order valence-corrected chi connectivity index (χ1v) is 8.50. The van der Waals surface area contributed by atoms with Gasteiger partial charge < -0.3 is 15.0 Å². The molecule has 22 heavy (non-hydrogen) atoms. The van der Waals surface area contributed by atoms with Crippen molar-refractivity contribution in [1.82, 2.24) is 10.3 Å². The standard InChI is InChI=1S/C14H19ClN2O4S/c1-8(2)21-14(20)11(4-5-22-3)17-12(18)9-6-10(15)13(19)16-7-9/h6-8,11H,4-5H2,1-3H3,(H,16,19)(H,17,18). The van der Waals surface area contributed by atoms with Gasteiger partial charge in [0, 0.05) is 6.20 Å². The van der Waals surface area contributed by atoms with Crippen LogP contribution in [0, 0.1) is 0 Å². The number of aromatic nitrogens is 1. The molecule has 0 fully saturated rings. The number of thioether (sulfide) groups is 1. The third-order valence-electron chi connectivity index (χ3n) is 2.67. The summed E-state index contributed by atoms with van der Waals surface area (Å²) >= 11 is 7.26. The number of hydrogen-bond donors (Lipinski definition) is 2. The van der Waals surface area contributed by atoms with Crippen LogP contribution in [0.4, 0.5) is 0 Å². The Kier molecular flexibility index (Phi) is 7.47. The molecule has 0 aliphatic carbocycles. The van der Waals surface area contributed by atoms with Crippen molar-refractivity contribution in [2.24, 2.45) is 0 Å². The molecule has 0 spiro atoms. The van der Waals surface area contributed by atoms with Crippen LogP contribution in [0.15, 0.2) is 17.1 Å². The van der Waals surface area contributed by atoms with Crippen LogP contribution >= 0.6 is 23.4 Å². The molecule has 0 radical (unpaired) electrons. The number of aromatic amines is 1. The zero-order valence-corrected chi connectivity index (χ0v) is 14.2. The summed E-state index contributed by atoms with van der Waals surface area (Å²) in [4.78, 5) is 37.7. The molecule has 1 amide bonds. The maximum absolute atomic E-state index is 12.2. The van der Waals surface area contributed by atoms with Crippen molar-refractivity contribution in [3.05, 3.63) is 33.2 Å². The summed E-state index contributed by atoms with van der Waals surface area (Å²) in [6, 6.07) is 0.517. The van der Waals surface area contributed by atoms with Crippen LogP contribution in [0.1, 0.15) is 30.6 Å². The molecule has 1 rings (SSSR count). The molecule has 0 saturated heterocycles. The van der Waals surface area contributed by atoms with E-state index in [4.69, 9.17) is 16.3 Å². The molecule has 1 aromatic heterocycles. The van der Waals surface area contributed by atoms with E-state index < -0.39 is 23.5 Å². The average Bonchev–Trinajstić information content (AvgIpc) is 2.45. The number of pyridine rings is 1. The predicted octanol–water partition coefficient (Wildman–Crippen LogP) is 1.83. The molecule has 2 N–H and O–H groups in total. The van der Waals surface area contributed by atoms with Crippen LogP contribution in [-0.2, 0) is 9.53 Å². The molecule has 0 saturated carbocycles. The zero-order valence-electron chi connectivity index (χ0n) is 12.6. The van der Waals surface area contributed by atoms with Crippen LogP contribution in [0.3, 0.4) is 0 Å². The highest BCUT2D eigenvalue weighted by molar-refractivity contribution is 7.98. The first-order valence-electron chi connectivity index (χ1n) is 6.73. The van der Waals surface area contributed by atoms with Crippen molar-refractivity contribution in [3.63, 3.8) is 0 Å². The Morgan fingerprint density at radius 2 is 2.14 bits per heavy atom. The Morgan fingerprint density at radius 3 is 2.68 bits per heavy atom. The molecule has 1 unspecified atom stereocenters. The molecule has 0 aliphatic rings. The number of hydrogen-bond acceptors (Lipinski definition) is 5. The number of amides is 1. The van der Waals surface area contributed by atoms with Gasteiger partial charge in [-0.25, -0.2) is 4.79 Å². The largest absolute Gasteiger partial charge is 0.461 e. The predicted molar refractivity (Wildman–Crippen MR) is 87.6 cm³/mol. The number of ether oxygens (including phenoxy) is 1. The highest BCUT2D eigenvalue weighted by Gasteiger charge is 2.23. The first kappa shape index (κ1) is 18.6. The second-order valence-electron chi connectivity index (χ2n) is 4.86. The second-order valence-corrected chi connectivity index (χ2v) is 6.25. The average molecular weight is 347 g/mol. The van der Waals surface area contributed by atoms with E-state index in [1.807, 2.05) is 6.26 Å². The Morgan fingerprint density at radius 1 is 1.45 bits per heavy atom. The molecule has 6 nitrogen and oxygen atoms in total. The Balaban J connectivity index is 2.82. The fourth-order valence-electron chi connectivity index (χ4n) is 1.63. The monoisotopic (exact) mass is 346 g/mol. The summed E-state index contributed by atoms with van der Waals surface area (Å²) in [5.41, 5.74) is -0.299. The lowest BCUT2D eigenvalue weighted by Crippen LogP contribution is -2.43. The number of carbonyl (C=O) groups is 2. The summed E-state index contributed by atoms with van der Waals surface area (Å²) < 4.78 is 5.14. The molecule has 0 bridgehead atoms. The quantitative estimate of drug-likeness (QED) is 0.735. The van der Waals surface area contributed by atoms with Crippen LogP contribution < -0.4 is 10.9 Å². The summed E-state index contributed by atoms with van der Waals surface area (Å²) in [5.74, 6) is -0.275. The third kappa shape index (κ3) is 5.73. The molecular formula is C14H19ClN2O4S. The van der Waals surface area contributed by atoms with E-state index in [0.717, 1.165) is 0 Å². The van der Waals surface area contributed by atoms with Gasteiger partial charge in [-0.1, -0.05) is 11.6 Å². The third-order valence-corrected chi connectivity index (χ3v) is 3.60. The highest BCUT2D eigenvalue weighted by Crippen LogP contribution is 2.08. The van der Waals surface area contributed by atoms with Crippen molar-refractivity contribution in [2.45, 2.75) is 32.4 Å². The normalized spacial score (nSPS) is 12.0. The van der Waals surface area contributed by atoms with Crippen LogP contribution in [0.25, 0.3) is 0 Å². The number of H-pyrrole nitrogens is 1. The van der Waals surface area contributed by atoms with Gasteiger partial charge in [0.05, 0.1) is 11.7 Å². The van der Waals surface area contributed by atoms with E-state index in [2.05, 4.69) is 10.3 Å². The van der Waals surface area contributed by atoms with Gasteiger partial charge in [-0.2, -0.15) is 11.8 Å². The number of halogens is 1. The Bertz CT molecular complexity index is 588. The number of carbonyl (C=O) groups excluding carboxylic acids is 2. The minimum absolute atomic E-state index is 0.0851. The van der Waals surface area contributed by atoms with E-state index >= 15 is 0 Å². The molecule has 1 atom stereocenters. The maximum Gasteiger partial charge on any atom is 0.328 e. The number of rotatable bonds is 7. The Hall–Kier alpha value is -1.47. The van der Waals surface area contributed by atoms with E-state index in [1.165, 1.54) is 12.3 Å². The molecule has 1 heterocycles. The second kappa shape index (κ2) is 8.85. The lowest BCUT2D eigenvalue weighted by molar-refractivity contribution is -0.149. The fourth-order valence-corrected chi connectivity index (χ4v) is 2.27. The van der Waals surface area contributed by atoms with Gasteiger partial charge in [0.15, 0.2) is 0 Å². The van der Waals surface area contributed by atoms with Gasteiger partial charge in [-0.05, 0) is 38.3 Å². The first-order chi connectivity index (χ1) is 10.3. The molecule has 1 aromatic rings. The van der Waals surface area contributed by atoms with Gasteiger partial charge in [0.1, 0.15) is 11.1 Å². The lowest BCUT2D eigenvalue weighted by Gasteiger charge is -2.18. The van der Waals surface area contributed by atoms with Crippen LogP contribution in [0.5, 0.6) is 0 Å². The highest BCUT2D eigenvalue weighted by atomic mass is 35.5. The minimum atomic E-state index is -0.743. The van der Waals surface area contributed by atoms with Crippen molar-refractivity contribution >= 4 is 35.2 Å². The molecule has 122 valence electrons. The summed E-state index contributed by atoms with van der Waals surface area (Å²) in [6.45, 7) is 3.49. The maximum atomic E-state index is 12.2. The summed E-state index contributed by atoms with van der Waals surface area (Å²) in [6.07, 6.45) is 3.36. The Labute approximate surface area is 138 Å².